The maximum Gasteiger partial charge on any atom is 0.323 e. The second-order valence-electron chi connectivity index (χ2n) is 16.9. The molecular formula is C49H97NO4. The third-order valence-electron chi connectivity index (χ3n) is 11.6. The smallest absolute Gasteiger partial charge is 0.323 e. The highest BCUT2D eigenvalue weighted by Crippen LogP contribution is 2.18. The second kappa shape index (κ2) is 44.6. The van der Waals surface area contributed by atoms with Crippen molar-refractivity contribution in [2.24, 2.45) is 0 Å². The number of esters is 2. The highest BCUT2D eigenvalue weighted by Gasteiger charge is 2.24. The Morgan fingerprint density at radius 1 is 0.407 bits per heavy atom. The SMILES string of the molecule is CCCCCCCCCCCCCCCCCCCCCC(=O)OCCN(C)C(CCCCCCCCCCCCCCCCCCCC)C(=O)OCC. The van der Waals surface area contributed by atoms with Crippen LogP contribution < -0.4 is 0 Å². The number of likely N-dealkylation sites (N-methyl/N-ethyl adjacent to an activating group) is 1. The molecule has 0 aromatic carbocycles. The van der Waals surface area contributed by atoms with E-state index in [1.807, 2.05) is 18.9 Å². The predicted octanol–water partition coefficient (Wildman–Crippen LogP) is 15.6. The summed E-state index contributed by atoms with van der Waals surface area (Å²) in [5, 5.41) is 0. The Morgan fingerprint density at radius 2 is 0.704 bits per heavy atom. The maximum absolute atomic E-state index is 12.7. The second-order valence-corrected chi connectivity index (χ2v) is 16.9. The largest absolute Gasteiger partial charge is 0.465 e. The number of hydrogen-bond acceptors (Lipinski definition) is 5. The van der Waals surface area contributed by atoms with Crippen LogP contribution >= 0.6 is 0 Å². The predicted molar refractivity (Wildman–Crippen MR) is 235 cm³/mol. The molecule has 0 amide bonds. The molecule has 0 aliphatic carbocycles. The van der Waals surface area contributed by atoms with Crippen molar-refractivity contribution in [1.29, 1.82) is 0 Å². The van der Waals surface area contributed by atoms with Gasteiger partial charge in [0.1, 0.15) is 12.6 Å². The van der Waals surface area contributed by atoms with Crippen LogP contribution in [0.15, 0.2) is 0 Å². The number of carbonyl (C=O) groups is 2. The minimum atomic E-state index is -0.260. The number of rotatable bonds is 45. The van der Waals surface area contributed by atoms with Crippen LogP contribution in [0.1, 0.15) is 271 Å². The van der Waals surface area contributed by atoms with Crippen LogP contribution in [0.4, 0.5) is 0 Å². The van der Waals surface area contributed by atoms with Gasteiger partial charge < -0.3 is 9.47 Å². The number of carbonyl (C=O) groups excluding carboxylic acids is 2. The molecule has 0 bridgehead atoms. The molecule has 0 fully saturated rings. The van der Waals surface area contributed by atoms with Crippen LogP contribution in [0.3, 0.4) is 0 Å². The number of unbranched alkanes of at least 4 members (excludes halogenated alkanes) is 35. The Labute approximate surface area is 339 Å². The zero-order chi connectivity index (χ0) is 39.4. The van der Waals surface area contributed by atoms with E-state index in [2.05, 4.69) is 13.8 Å². The van der Waals surface area contributed by atoms with Gasteiger partial charge in [-0.15, -0.1) is 0 Å². The molecule has 0 saturated heterocycles. The quantitative estimate of drug-likeness (QED) is 0.0457. The first-order valence-electron chi connectivity index (χ1n) is 24.6. The van der Waals surface area contributed by atoms with Gasteiger partial charge in [-0.1, -0.05) is 245 Å². The summed E-state index contributed by atoms with van der Waals surface area (Å²) in [7, 11) is 1.96. The van der Waals surface area contributed by atoms with Crippen molar-refractivity contribution in [3.8, 4) is 0 Å². The Bertz CT molecular complexity index is 758. The molecule has 0 aromatic rings. The van der Waals surface area contributed by atoms with E-state index >= 15 is 0 Å². The zero-order valence-corrected chi connectivity index (χ0v) is 37.4. The minimum absolute atomic E-state index is 0.105. The van der Waals surface area contributed by atoms with E-state index in [9.17, 15) is 9.59 Å². The molecule has 1 atom stereocenters. The first-order valence-corrected chi connectivity index (χ1v) is 24.6. The summed E-state index contributed by atoms with van der Waals surface area (Å²) in [6.07, 6.45) is 51.4. The van der Waals surface area contributed by atoms with Gasteiger partial charge in [0.25, 0.3) is 0 Å². The molecule has 0 rings (SSSR count). The summed E-state index contributed by atoms with van der Waals surface area (Å²) in [4.78, 5) is 27.1. The zero-order valence-electron chi connectivity index (χ0n) is 37.4. The van der Waals surface area contributed by atoms with E-state index in [4.69, 9.17) is 9.47 Å². The van der Waals surface area contributed by atoms with Crippen LogP contribution in [-0.2, 0) is 19.1 Å². The minimum Gasteiger partial charge on any atom is -0.465 e. The molecule has 0 aromatic heterocycles. The van der Waals surface area contributed by atoms with E-state index < -0.39 is 0 Å². The monoisotopic (exact) mass is 764 g/mol. The van der Waals surface area contributed by atoms with E-state index in [0.29, 0.717) is 26.2 Å². The molecule has 0 heterocycles. The lowest BCUT2D eigenvalue weighted by Gasteiger charge is -2.26. The third-order valence-corrected chi connectivity index (χ3v) is 11.6. The summed E-state index contributed by atoms with van der Waals surface area (Å²) in [6.45, 7) is 7.75. The van der Waals surface area contributed by atoms with Gasteiger partial charge in [0.2, 0.25) is 0 Å². The Kier molecular flexibility index (Phi) is 43.7. The molecule has 0 spiro atoms. The van der Waals surface area contributed by atoms with Gasteiger partial charge in [0, 0.05) is 13.0 Å². The summed E-state index contributed by atoms with van der Waals surface area (Å²) >= 11 is 0. The number of nitrogens with zero attached hydrogens (tertiary/aromatic N) is 1. The van der Waals surface area contributed by atoms with Crippen LogP contribution in [0.2, 0.25) is 0 Å². The molecule has 322 valence electrons. The molecule has 0 N–H and O–H groups in total. The fourth-order valence-electron chi connectivity index (χ4n) is 7.88. The van der Waals surface area contributed by atoms with Crippen molar-refractivity contribution in [3.05, 3.63) is 0 Å². The van der Waals surface area contributed by atoms with Crippen molar-refractivity contribution in [1.82, 2.24) is 4.90 Å². The molecule has 0 radical (unpaired) electrons. The Balaban J connectivity index is 3.71. The normalized spacial score (nSPS) is 12.1. The highest BCUT2D eigenvalue weighted by atomic mass is 16.5. The summed E-state index contributed by atoms with van der Waals surface area (Å²) in [5.41, 5.74) is 0. The van der Waals surface area contributed by atoms with Crippen molar-refractivity contribution < 1.29 is 19.1 Å². The molecule has 1 unspecified atom stereocenters. The van der Waals surface area contributed by atoms with Gasteiger partial charge in [-0.25, -0.2) is 0 Å². The van der Waals surface area contributed by atoms with Gasteiger partial charge in [0.15, 0.2) is 0 Å². The fourth-order valence-corrected chi connectivity index (χ4v) is 7.88. The Morgan fingerprint density at radius 3 is 1.02 bits per heavy atom. The van der Waals surface area contributed by atoms with Crippen molar-refractivity contribution in [3.63, 3.8) is 0 Å². The van der Waals surface area contributed by atoms with Crippen LogP contribution in [0.25, 0.3) is 0 Å². The lowest BCUT2D eigenvalue weighted by molar-refractivity contribution is -0.150. The van der Waals surface area contributed by atoms with E-state index in [-0.39, 0.29) is 18.0 Å². The first-order chi connectivity index (χ1) is 26.6. The van der Waals surface area contributed by atoms with Crippen molar-refractivity contribution in [2.75, 3.05) is 26.8 Å². The standard InChI is InChI=1S/C49H97NO4/c1-5-8-10-12-14-16-18-20-22-24-26-28-30-32-34-36-38-40-42-44-48(51)54-46-45-50(4)47(49(52)53-7-3)43-41-39-37-35-33-31-29-27-25-23-21-19-17-15-13-11-9-6-2/h47H,5-46H2,1-4H3. The van der Waals surface area contributed by atoms with Crippen molar-refractivity contribution in [2.45, 2.75) is 277 Å². The van der Waals surface area contributed by atoms with Gasteiger partial charge in [-0.3, -0.25) is 14.5 Å². The molecule has 0 aliphatic rings. The van der Waals surface area contributed by atoms with E-state index in [0.717, 1.165) is 32.1 Å². The van der Waals surface area contributed by atoms with Crippen LogP contribution in [0.5, 0.6) is 0 Å². The maximum atomic E-state index is 12.7. The van der Waals surface area contributed by atoms with Gasteiger partial charge in [-0.2, -0.15) is 0 Å². The first kappa shape index (κ1) is 52.9. The Hall–Kier alpha value is -1.10. The van der Waals surface area contributed by atoms with E-state index in [1.54, 1.807) is 0 Å². The molecule has 0 saturated carbocycles. The highest BCUT2D eigenvalue weighted by molar-refractivity contribution is 5.75. The summed E-state index contributed by atoms with van der Waals surface area (Å²) in [5.74, 6) is -0.251. The van der Waals surface area contributed by atoms with Gasteiger partial charge in [-0.05, 0) is 26.8 Å². The van der Waals surface area contributed by atoms with Crippen molar-refractivity contribution >= 4 is 11.9 Å². The lowest BCUT2D eigenvalue weighted by Crippen LogP contribution is -2.41. The van der Waals surface area contributed by atoms with E-state index in [1.165, 1.54) is 212 Å². The number of hydrogen-bond donors (Lipinski definition) is 0. The molecule has 0 aliphatic heterocycles. The average Bonchev–Trinajstić information content (AvgIpc) is 3.16. The molecular weight excluding hydrogens is 667 g/mol. The van der Waals surface area contributed by atoms with Gasteiger partial charge >= 0.3 is 11.9 Å². The topological polar surface area (TPSA) is 55.8 Å². The lowest BCUT2D eigenvalue weighted by atomic mass is 10.0. The molecule has 5 heteroatoms. The average molecular weight is 764 g/mol. The summed E-state index contributed by atoms with van der Waals surface area (Å²) in [6, 6.07) is -0.260. The molecule has 54 heavy (non-hydrogen) atoms. The van der Waals surface area contributed by atoms with Crippen LogP contribution in [0, 0.1) is 0 Å². The fraction of sp³-hybridized carbons (Fsp3) is 0.959. The van der Waals surface area contributed by atoms with Gasteiger partial charge in [0.05, 0.1) is 6.61 Å². The van der Waals surface area contributed by atoms with Crippen LogP contribution in [-0.4, -0.2) is 49.7 Å². The number of ether oxygens (including phenoxy) is 2. The molecule has 5 nitrogen and oxygen atoms in total. The third kappa shape index (κ3) is 39.1. The summed E-state index contributed by atoms with van der Waals surface area (Å²) < 4.78 is 10.9.